The molecule has 0 radical (unpaired) electrons. The molecule has 2 aromatic rings. The number of benzene rings is 2. The van der Waals surface area contributed by atoms with E-state index in [4.69, 9.17) is 21.1 Å². The first kappa shape index (κ1) is 16.0. The second kappa shape index (κ2) is 6.62. The van der Waals surface area contributed by atoms with Gasteiger partial charge < -0.3 is 9.47 Å². The molecule has 0 spiro atoms. The molecule has 0 heterocycles. The summed E-state index contributed by atoms with van der Waals surface area (Å²) in [5.74, 6) is -0.244. The van der Waals surface area contributed by atoms with Crippen LogP contribution in [-0.4, -0.2) is 18.9 Å². The zero-order valence-corrected chi connectivity index (χ0v) is 13.2. The fourth-order valence-corrected chi connectivity index (χ4v) is 2.17. The van der Waals surface area contributed by atoms with Gasteiger partial charge in [-0.25, -0.2) is 4.79 Å². The van der Waals surface area contributed by atoms with Crippen molar-refractivity contribution in [3.63, 3.8) is 0 Å². The Hall–Kier alpha value is -2.33. The molecule has 0 atom stereocenters. The smallest absolute Gasteiger partial charge is 0.347 e. The Morgan fingerprint density at radius 2 is 1.68 bits per heavy atom. The van der Waals surface area contributed by atoms with Gasteiger partial charge in [-0.3, -0.25) is 4.79 Å². The lowest BCUT2D eigenvalue weighted by Crippen LogP contribution is -2.12. The Balaban J connectivity index is 2.38. The van der Waals surface area contributed by atoms with Crippen molar-refractivity contribution in [2.24, 2.45) is 0 Å². The van der Waals surface area contributed by atoms with Gasteiger partial charge in [0.1, 0.15) is 17.1 Å². The van der Waals surface area contributed by atoms with E-state index in [0.717, 1.165) is 5.56 Å². The van der Waals surface area contributed by atoms with Crippen LogP contribution in [0.15, 0.2) is 36.4 Å². The van der Waals surface area contributed by atoms with Crippen molar-refractivity contribution < 1.29 is 19.1 Å². The Morgan fingerprint density at radius 1 is 1.00 bits per heavy atom. The summed E-state index contributed by atoms with van der Waals surface area (Å²) in [6.07, 6.45) is 0. The molecule has 0 unspecified atom stereocenters. The summed E-state index contributed by atoms with van der Waals surface area (Å²) in [6.45, 7) is 3.28. The Kier molecular flexibility index (Phi) is 4.83. The highest BCUT2D eigenvalue weighted by atomic mass is 35.5. The van der Waals surface area contributed by atoms with Gasteiger partial charge in [-0.2, -0.15) is 0 Å². The van der Waals surface area contributed by atoms with E-state index in [2.05, 4.69) is 0 Å². The molecular formula is C17H15ClO4. The molecule has 0 fully saturated rings. The molecule has 0 N–H and O–H groups in total. The summed E-state index contributed by atoms with van der Waals surface area (Å²) < 4.78 is 10.5. The third kappa shape index (κ3) is 3.46. The molecule has 0 aromatic heterocycles. The molecule has 0 saturated carbocycles. The second-order valence-electron chi connectivity index (χ2n) is 4.79. The van der Waals surface area contributed by atoms with Crippen molar-refractivity contribution in [2.45, 2.75) is 13.8 Å². The minimum Gasteiger partial charge on any atom is -0.496 e. The van der Waals surface area contributed by atoms with Crippen LogP contribution in [0.5, 0.6) is 11.5 Å². The van der Waals surface area contributed by atoms with Gasteiger partial charge in [0.05, 0.1) is 12.7 Å². The molecule has 0 aliphatic carbocycles. The van der Waals surface area contributed by atoms with Crippen LogP contribution in [0.4, 0.5) is 0 Å². The number of halogens is 1. The molecule has 0 saturated heterocycles. The van der Waals surface area contributed by atoms with Crippen molar-refractivity contribution in [3.05, 3.63) is 58.1 Å². The number of ketones is 1. The van der Waals surface area contributed by atoms with Gasteiger partial charge in [0.15, 0.2) is 5.78 Å². The lowest BCUT2D eigenvalue weighted by molar-refractivity contribution is 0.0729. The lowest BCUT2D eigenvalue weighted by Gasteiger charge is -2.11. The largest absolute Gasteiger partial charge is 0.496 e. The third-order valence-electron chi connectivity index (χ3n) is 3.10. The van der Waals surface area contributed by atoms with Gasteiger partial charge >= 0.3 is 5.97 Å². The number of rotatable bonds is 4. The number of aryl methyl sites for hydroxylation is 1. The first-order valence-corrected chi connectivity index (χ1v) is 6.97. The maximum atomic E-state index is 12.3. The van der Waals surface area contributed by atoms with Crippen LogP contribution in [0.1, 0.15) is 33.2 Å². The van der Waals surface area contributed by atoms with Crippen LogP contribution in [0.3, 0.4) is 0 Å². The van der Waals surface area contributed by atoms with E-state index < -0.39 is 5.97 Å². The predicted molar refractivity (Wildman–Crippen MR) is 84.1 cm³/mol. The van der Waals surface area contributed by atoms with Gasteiger partial charge in [-0.05, 0) is 44.2 Å². The Bertz CT molecular complexity index is 737. The molecule has 0 aliphatic heterocycles. The molecule has 114 valence electrons. The third-order valence-corrected chi connectivity index (χ3v) is 3.33. The zero-order valence-electron chi connectivity index (χ0n) is 12.5. The number of hydrogen-bond acceptors (Lipinski definition) is 4. The lowest BCUT2D eigenvalue weighted by atomic mass is 10.1. The molecule has 5 heteroatoms. The first-order chi connectivity index (χ1) is 10.4. The topological polar surface area (TPSA) is 52.6 Å². The average Bonchev–Trinajstić information content (AvgIpc) is 2.48. The molecule has 0 amide bonds. The van der Waals surface area contributed by atoms with E-state index in [0.29, 0.717) is 16.3 Å². The van der Waals surface area contributed by atoms with Gasteiger partial charge in [0.25, 0.3) is 0 Å². The highest BCUT2D eigenvalue weighted by Gasteiger charge is 2.18. The SMILES string of the molecule is COc1ccc(Cl)cc1C(=O)Oc1ccc(C)cc1C(C)=O. The summed E-state index contributed by atoms with van der Waals surface area (Å²) in [6, 6.07) is 9.71. The monoisotopic (exact) mass is 318 g/mol. The Labute approximate surface area is 133 Å². The standard InChI is InChI=1S/C17H15ClO4/c1-10-4-6-16(13(8-10)11(2)19)22-17(20)14-9-12(18)5-7-15(14)21-3/h4-9H,1-3H3. The van der Waals surface area contributed by atoms with Crippen LogP contribution in [-0.2, 0) is 0 Å². The number of carbonyl (C=O) groups is 2. The van der Waals surface area contributed by atoms with Crippen LogP contribution in [0.25, 0.3) is 0 Å². The molecular weight excluding hydrogens is 304 g/mol. The van der Waals surface area contributed by atoms with Crippen molar-refractivity contribution >= 4 is 23.4 Å². The summed E-state index contributed by atoms with van der Waals surface area (Å²) in [4.78, 5) is 24.0. The highest BCUT2D eigenvalue weighted by Crippen LogP contribution is 2.26. The minimum atomic E-state index is -0.634. The van der Waals surface area contributed by atoms with E-state index in [1.54, 1.807) is 30.3 Å². The van der Waals surface area contributed by atoms with Crippen LogP contribution in [0, 0.1) is 6.92 Å². The van der Waals surface area contributed by atoms with Gasteiger partial charge in [0.2, 0.25) is 0 Å². The Morgan fingerprint density at radius 3 is 2.32 bits per heavy atom. The minimum absolute atomic E-state index is 0.176. The van der Waals surface area contributed by atoms with E-state index in [1.807, 2.05) is 6.92 Å². The number of esters is 1. The number of methoxy groups -OCH3 is 1. The van der Waals surface area contributed by atoms with Crippen LogP contribution >= 0.6 is 11.6 Å². The highest BCUT2D eigenvalue weighted by molar-refractivity contribution is 6.31. The summed E-state index contributed by atoms with van der Waals surface area (Å²) in [7, 11) is 1.45. The van der Waals surface area contributed by atoms with E-state index in [9.17, 15) is 9.59 Å². The van der Waals surface area contributed by atoms with E-state index in [1.165, 1.54) is 20.1 Å². The molecule has 0 aliphatic rings. The molecule has 4 nitrogen and oxygen atoms in total. The maximum Gasteiger partial charge on any atom is 0.347 e. The summed E-state index contributed by atoms with van der Waals surface area (Å²) >= 11 is 5.91. The fourth-order valence-electron chi connectivity index (χ4n) is 2.00. The maximum absolute atomic E-state index is 12.3. The molecule has 2 aromatic carbocycles. The quantitative estimate of drug-likeness (QED) is 0.484. The van der Waals surface area contributed by atoms with Crippen molar-refractivity contribution in [1.82, 2.24) is 0 Å². The molecule has 22 heavy (non-hydrogen) atoms. The number of hydrogen-bond donors (Lipinski definition) is 0. The van der Waals surface area contributed by atoms with E-state index >= 15 is 0 Å². The number of ether oxygens (including phenoxy) is 2. The average molecular weight is 319 g/mol. The normalized spacial score (nSPS) is 10.2. The predicted octanol–water partition coefficient (Wildman–Crippen LogP) is 4.08. The molecule has 0 bridgehead atoms. The van der Waals surface area contributed by atoms with Crippen LogP contribution < -0.4 is 9.47 Å². The zero-order chi connectivity index (χ0) is 16.3. The van der Waals surface area contributed by atoms with Crippen LogP contribution in [0.2, 0.25) is 5.02 Å². The second-order valence-corrected chi connectivity index (χ2v) is 5.23. The first-order valence-electron chi connectivity index (χ1n) is 6.59. The summed E-state index contributed by atoms with van der Waals surface area (Å²) in [5, 5.41) is 0.392. The van der Waals surface area contributed by atoms with Crippen molar-refractivity contribution in [2.75, 3.05) is 7.11 Å². The van der Waals surface area contributed by atoms with Gasteiger partial charge in [0, 0.05) is 5.02 Å². The van der Waals surface area contributed by atoms with Gasteiger partial charge in [-0.15, -0.1) is 0 Å². The van der Waals surface area contributed by atoms with Gasteiger partial charge in [-0.1, -0.05) is 23.2 Å². The number of Topliss-reactive ketones (excluding diaryl/α,β-unsaturated/α-hetero) is 1. The van der Waals surface area contributed by atoms with E-state index in [-0.39, 0.29) is 17.1 Å². The summed E-state index contributed by atoms with van der Waals surface area (Å²) in [5.41, 5.74) is 1.46. The fraction of sp³-hybridized carbons (Fsp3) is 0.176. The van der Waals surface area contributed by atoms with Crippen molar-refractivity contribution in [3.8, 4) is 11.5 Å². The van der Waals surface area contributed by atoms with Crippen molar-refractivity contribution in [1.29, 1.82) is 0 Å². The molecule has 2 rings (SSSR count). The number of carbonyl (C=O) groups excluding carboxylic acids is 2.